The molecule has 0 aliphatic carbocycles. The Morgan fingerprint density at radius 2 is 1.93 bits per heavy atom. The van der Waals surface area contributed by atoms with Gasteiger partial charge in [0.1, 0.15) is 0 Å². The van der Waals surface area contributed by atoms with E-state index in [1.165, 1.54) is 10.9 Å². The maximum absolute atomic E-state index is 10.2. The number of methoxy groups -OCH3 is 1. The number of phenols is 1. The van der Waals surface area contributed by atoms with Gasteiger partial charge < -0.3 is 25.5 Å². The predicted octanol–water partition coefficient (Wildman–Crippen LogP) is 3.22. The van der Waals surface area contributed by atoms with Crippen LogP contribution >= 0.6 is 0 Å². The van der Waals surface area contributed by atoms with Gasteiger partial charge in [-0.15, -0.1) is 0 Å². The molecule has 2 aromatic carbocycles. The monoisotopic (exact) mass is 380 g/mol. The van der Waals surface area contributed by atoms with Crippen molar-refractivity contribution in [3.8, 4) is 11.5 Å². The minimum absolute atomic E-state index is 0.192. The van der Waals surface area contributed by atoms with Crippen LogP contribution in [0.3, 0.4) is 0 Å². The first-order chi connectivity index (χ1) is 13.7. The molecule has 0 bridgehead atoms. The smallest absolute Gasteiger partial charge is 0.191 e. The Bertz CT molecular complexity index is 933. The summed E-state index contributed by atoms with van der Waals surface area (Å²) in [5.74, 6) is 1.47. The molecule has 6 nitrogen and oxygen atoms in total. The number of aromatic amines is 1. The third-order valence-corrected chi connectivity index (χ3v) is 4.66. The number of nitrogens with zero attached hydrogens (tertiary/aromatic N) is 1. The average molecular weight is 380 g/mol. The number of nitrogens with one attached hydrogen (secondary N) is 3. The van der Waals surface area contributed by atoms with Gasteiger partial charge in [0.05, 0.1) is 7.11 Å². The van der Waals surface area contributed by atoms with Crippen LogP contribution in [-0.4, -0.2) is 42.8 Å². The summed E-state index contributed by atoms with van der Waals surface area (Å²) in [6.07, 6.45) is 3.62. The number of aliphatic imine (C=N–C) groups is 1. The van der Waals surface area contributed by atoms with E-state index >= 15 is 0 Å². The van der Waals surface area contributed by atoms with E-state index in [2.05, 4.69) is 45.0 Å². The Kier molecular flexibility index (Phi) is 6.78. The fourth-order valence-corrected chi connectivity index (χ4v) is 3.22. The third-order valence-electron chi connectivity index (χ3n) is 4.66. The largest absolute Gasteiger partial charge is 0.504 e. The fraction of sp³-hybridized carbons (Fsp3) is 0.318. The molecule has 4 N–H and O–H groups in total. The molecule has 0 spiro atoms. The number of aromatic nitrogens is 1. The number of para-hydroxylation sites is 2. The molecule has 6 heteroatoms. The van der Waals surface area contributed by atoms with Gasteiger partial charge in [-0.2, -0.15) is 0 Å². The molecular formula is C22H28N4O2. The lowest BCUT2D eigenvalue weighted by molar-refractivity contribution is 0.370. The second-order valence-corrected chi connectivity index (χ2v) is 6.51. The zero-order valence-electron chi connectivity index (χ0n) is 16.5. The number of hydrogen-bond donors (Lipinski definition) is 4. The second kappa shape index (κ2) is 9.69. The summed E-state index contributed by atoms with van der Waals surface area (Å²) in [7, 11) is 1.55. The number of aromatic hydroxyl groups is 1. The molecular weight excluding hydrogens is 352 g/mol. The molecule has 0 saturated heterocycles. The number of phenolic OH excluding ortho intramolecular Hbond substituents is 1. The second-order valence-electron chi connectivity index (χ2n) is 6.51. The number of benzene rings is 2. The first-order valence-electron chi connectivity index (χ1n) is 9.65. The summed E-state index contributed by atoms with van der Waals surface area (Å²) in [5, 5.41) is 18.1. The maximum atomic E-state index is 10.2. The van der Waals surface area contributed by atoms with Crippen LogP contribution in [0.15, 0.2) is 53.7 Å². The summed E-state index contributed by atoms with van der Waals surface area (Å²) < 4.78 is 5.16. The average Bonchev–Trinajstić information content (AvgIpc) is 3.12. The van der Waals surface area contributed by atoms with Crippen LogP contribution in [0.25, 0.3) is 10.9 Å². The standard InChI is InChI=1S/C22H28N4O2/c1-3-23-22(24-13-11-16-7-6-10-20(28-2)21(16)27)25-14-12-17-15-26-19-9-5-4-8-18(17)19/h4-10,15,26-27H,3,11-14H2,1-2H3,(H2,23,24,25). The number of ether oxygens (including phenoxy) is 1. The van der Waals surface area contributed by atoms with E-state index in [1.807, 2.05) is 25.1 Å². The van der Waals surface area contributed by atoms with Crippen molar-refractivity contribution in [3.63, 3.8) is 0 Å². The number of guanidine groups is 1. The molecule has 0 unspecified atom stereocenters. The molecule has 0 fully saturated rings. The summed E-state index contributed by atoms with van der Waals surface area (Å²) in [6.45, 7) is 4.20. The quantitative estimate of drug-likeness (QED) is 0.357. The summed E-state index contributed by atoms with van der Waals surface area (Å²) in [5.41, 5.74) is 3.29. The highest BCUT2D eigenvalue weighted by molar-refractivity contribution is 5.83. The lowest BCUT2D eigenvalue weighted by Gasteiger charge is -2.12. The normalized spacial score (nSPS) is 11.6. The molecule has 3 rings (SSSR count). The topological polar surface area (TPSA) is 81.7 Å². The van der Waals surface area contributed by atoms with Crippen LogP contribution in [0.2, 0.25) is 0 Å². The van der Waals surface area contributed by atoms with Gasteiger partial charge in [-0.1, -0.05) is 30.3 Å². The van der Waals surface area contributed by atoms with Gasteiger partial charge in [0, 0.05) is 36.7 Å². The van der Waals surface area contributed by atoms with Crippen molar-refractivity contribution >= 4 is 16.9 Å². The Labute approximate surface area is 165 Å². The van der Waals surface area contributed by atoms with Crippen molar-refractivity contribution in [1.29, 1.82) is 0 Å². The van der Waals surface area contributed by atoms with E-state index in [0.717, 1.165) is 36.6 Å². The summed E-state index contributed by atoms with van der Waals surface area (Å²) in [6, 6.07) is 13.8. The maximum Gasteiger partial charge on any atom is 0.191 e. The highest BCUT2D eigenvalue weighted by atomic mass is 16.5. The van der Waals surface area contributed by atoms with E-state index in [1.54, 1.807) is 13.2 Å². The van der Waals surface area contributed by atoms with Gasteiger partial charge >= 0.3 is 0 Å². The molecule has 0 radical (unpaired) electrons. The van der Waals surface area contributed by atoms with Gasteiger partial charge in [0.15, 0.2) is 17.5 Å². The zero-order chi connectivity index (χ0) is 19.8. The Hall–Kier alpha value is -3.15. The van der Waals surface area contributed by atoms with Crippen LogP contribution in [0, 0.1) is 0 Å². The lowest BCUT2D eigenvalue weighted by Crippen LogP contribution is -2.38. The molecule has 0 aliphatic rings. The van der Waals surface area contributed by atoms with Crippen LogP contribution in [0.1, 0.15) is 18.1 Å². The van der Waals surface area contributed by atoms with Crippen molar-refractivity contribution in [2.45, 2.75) is 19.8 Å². The SMILES string of the molecule is CCNC(=NCCc1cccc(OC)c1O)NCCc1c[nH]c2ccccc12. The molecule has 1 heterocycles. The van der Waals surface area contributed by atoms with Gasteiger partial charge in [-0.3, -0.25) is 4.99 Å². The fourth-order valence-electron chi connectivity index (χ4n) is 3.22. The van der Waals surface area contributed by atoms with Crippen molar-refractivity contribution < 1.29 is 9.84 Å². The van der Waals surface area contributed by atoms with Gasteiger partial charge in [0.25, 0.3) is 0 Å². The van der Waals surface area contributed by atoms with Crippen LogP contribution in [0.5, 0.6) is 11.5 Å². The zero-order valence-corrected chi connectivity index (χ0v) is 16.5. The Morgan fingerprint density at radius 3 is 2.75 bits per heavy atom. The Morgan fingerprint density at radius 1 is 1.07 bits per heavy atom. The summed E-state index contributed by atoms with van der Waals surface area (Å²) in [4.78, 5) is 7.93. The minimum Gasteiger partial charge on any atom is -0.504 e. The molecule has 3 aromatic rings. The first kappa shape index (κ1) is 19.6. The first-order valence-corrected chi connectivity index (χ1v) is 9.65. The van der Waals surface area contributed by atoms with Gasteiger partial charge in [-0.25, -0.2) is 0 Å². The molecule has 0 aliphatic heterocycles. The van der Waals surface area contributed by atoms with Gasteiger partial charge in [0.2, 0.25) is 0 Å². The van der Waals surface area contributed by atoms with Crippen LogP contribution in [0.4, 0.5) is 0 Å². The molecule has 1 aromatic heterocycles. The van der Waals surface area contributed by atoms with Crippen molar-refractivity contribution in [2.75, 3.05) is 26.7 Å². The molecule has 148 valence electrons. The highest BCUT2D eigenvalue weighted by Gasteiger charge is 2.07. The third kappa shape index (κ3) is 4.76. The van der Waals surface area contributed by atoms with E-state index < -0.39 is 0 Å². The molecule has 28 heavy (non-hydrogen) atoms. The van der Waals surface area contributed by atoms with Crippen molar-refractivity contribution in [3.05, 3.63) is 59.8 Å². The predicted molar refractivity (Wildman–Crippen MR) is 114 cm³/mol. The number of rotatable bonds is 8. The van der Waals surface area contributed by atoms with Crippen molar-refractivity contribution in [2.24, 2.45) is 4.99 Å². The van der Waals surface area contributed by atoms with E-state index in [9.17, 15) is 5.11 Å². The minimum atomic E-state index is 0.192. The van der Waals surface area contributed by atoms with Crippen molar-refractivity contribution in [1.82, 2.24) is 15.6 Å². The van der Waals surface area contributed by atoms with E-state index in [-0.39, 0.29) is 5.75 Å². The van der Waals surface area contributed by atoms with Crippen LogP contribution in [-0.2, 0) is 12.8 Å². The highest BCUT2D eigenvalue weighted by Crippen LogP contribution is 2.29. The lowest BCUT2D eigenvalue weighted by atomic mass is 10.1. The van der Waals surface area contributed by atoms with E-state index in [0.29, 0.717) is 18.7 Å². The van der Waals surface area contributed by atoms with Gasteiger partial charge in [-0.05, 0) is 43.0 Å². The number of hydrogen-bond acceptors (Lipinski definition) is 3. The Balaban J connectivity index is 1.55. The summed E-state index contributed by atoms with van der Waals surface area (Å²) >= 11 is 0. The van der Waals surface area contributed by atoms with Crippen LogP contribution < -0.4 is 15.4 Å². The molecule has 0 saturated carbocycles. The number of fused-ring (bicyclic) bond motifs is 1. The molecule has 0 amide bonds. The molecule has 0 atom stereocenters. The number of H-pyrrole nitrogens is 1. The van der Waals surface area contributed by atoms with E-state index in [4.69, 9.17) is 4.74 Å².